The van der Waals surface area contributed by atoms with Crippen LogP contribution in [0.15, 0.2) is 12.1 Å². The lowest BCUT2D eigenvalue weighted by Gasteiger charge is -2.18. The van der Waals surface area contributed by atoms with E-state index in [4.69, 9.17) is 14.5 Å². The van der Waals surface area contributed by atoms with Crippen molar-refractivity contribution in [1.29, 1.82) is 0 Å². The number of hydrogen-bond donors (Lipinski definition) is 1. The van der Waals surface area contributed by atoms with Crippen molar-refractivity contribution in [1.82, 2.24) is 9.88 Å². The highest BCUT2D eigenvalue weighted by Crippen LogP contribution is 2.41. The van der Waals surface area contributed by atoms with Crippen LogP contribution in [0.25, 0.3) is 10.9 Å². The smallest absolute Gasteiger partial charge is 0.163 e. The molecule has 3 heterocycles. The molecule has 1 aromatic heterocycles. The van der Waals surface area contributed by atoms with Gasteiger partial charge < -0.3 is 14.8 Å². The second-order valence-electron chi connectivity index (χ2n) is 9.81. The quantitative estimate of drug-likeness (QED) is 0.736. The molecule has 2 aliphatic heterocycles. The van der Waals surface area contributed by atoms with Crippen LogP contribution in [0.2, 0.25) is 0 Å². The first-order valence-corrected chi connectivity index (χ1v) is 11.9. The fraction of sp³-hybridized carbons (Fsp3) is 0.640. The Morgan fingerprint density at radius 3 is 2.87 bits per heavy atom. The average molecular weight is 408 g/mol. The van der Waals surface area contributed by atoms with Crippen molar-refractivity contribution in [2.24, 2.45) is 11.8 Å². The molecule has 3 fully saturated rings. The normalized spacial score (nSPS) is 25.5. The zero-order chi connectivity index (χ0) is 20.1. The molecule has 4 aliphatic rings. The van der Waals surface area contributed by atoms with Crippen LogP contribution in [0.1, 0.15) is 49.8 Å². The number of anilines is 1. The number of hydrogen-bond acceptors (Lipinski definition) is 5. The van der Waals surface area contributed by atoms with E-state index in [1.807, 2.05) is 0 Å². The summed E-state index contributed by atoms with van der Waals surface area (Å²) in [5, 5.41) is 4.96. The van der Waals surface area contributed by atoms with Crippen molar-refractivity contribution in [3.05, 3.63) is 23.4 Å². The fourth-order valence-corrected chi connectivity index (χ4v) is 5.83. The minimum Gasteiger partial charge on any atom is -0.493 e. The van der Waals surface area contributed by atoms with Crippen molar-refractivity contribution < 1.29 is 9.47 Å². The molecular weight excluding hydrogens is 374 g/mol. The first-order chi connectivity index (χ1) is 14.8. The summed E-state index contributed by atoms with van der Waals surface area (Å²) in [5.41, 5.74) is 5.02. The Balaban J connectivity index is 1.28. The second kappa shape index (κ2) is 7.60. The van der Waals surface area contributed by atoms with Gasteiger partial charge in [-0.15, -0.1) is 0 Å². The van der Waals surface area contributed by atoms with Gasteiger partial charge in [0.1, 0.15) is 0 Å². The van der Waals surface area contributed by atoms with Gasteiger partial charge in [-0.3, -0.25) is 9.88 Å². The van der Waals surface area contributed by atoms with E-state index in [-0.39, 0.29) is 0 Å². The van der Waals surface area contributed by atoms with Gasteiger partial charge in [0.25, 0.3) is 0 Å². The number of methoxy groups -OCH3 is 1. The molecular formula is C25H33N3O2. The Labute approximate surface area is 179 Å². The van der Waals surface area contributed by atoms with Crippen molar-refractivity contribution in [2.75, 3.05) is 38.7 Å². The first kappa shape index (κ1) is 18.7. The number of aryl methyl sites for hydroxylation is 1. The van der Waals surface area contributed by atoms with Gasteiger partial charge in [0, 0.05) is 47.9 Å². The fourth-order valence-electron chi connectivity index (χ4n) is 5.83. The van der Waals surface area contributed by atoms with Crippen molar-refractivity contribution in [3.63, 3.8) is 0 Å². The summed E-state index contributed by atoms with van der Waals surface area (Å²) < 4.78 is 12.1. The Kier molecular flexibility index (Phi) is 4.74. The van der Waals surface area contributed by atoms with Crippen LogP contribution in [0, 0.1) is 11.8 Å². The molecule has 2 unspecified atom stereocenters. The molecule has 1 saturated carbocycles. The molecule has 5 nitrogen and oxygen atoms in total. The van der Waals surface area contributed by atoms with Gasteiger partial charge in [0.05, 0.1) is 19.2 Å². The molecule has 2 atom stereocenters. The number of ether oxygens (including phenoxy) is 2. The molecule has 0 amide bonds. The molecule has 30 heavy (non-hydrogen) atoms. The standard InChI is InChI=1S/C25H33N3O2/c1-29-23-11-20-22(12-24(23)30-15-17-10-18-4-3-9-28(18)14-17)27-21-6-2-5-19(21)25(20)26-13-16-7-8-16/h11-12,16-18H,2-10,13-15H2,1H3,(H,26,27). The Hall–Kier alpha value is -2.01. The highest BCUT2D eigenvalue weighted by Gasteiger charge is 2.35. The topological polar surface area (TPSA) is 46.6 Å². The van der Waals surface area contributed by atoms with Crippen LogP contribution >= 0.6 is 0 Å². The zero-order valence-corrected chi connectivity index (χ0v) is 18.1. The number of benzene rings is 1. The maximum Gasteiger partial charge on any atom is 0.163 e. The van der Waals surface area contributed by atoms with E-state index in [1.54, 1.807) is 7.11 Å². The van der Waals surface area contributed by atoms with E-state index < -0.39 is 0 Å². The van der Waals surface area contributed by atoms with Crippen LogP contribution < -0.4 is 14.8 Å². The third-order valence-corrected chi connectivity index (χ3v) is 7.63. The molecule has 0 bridgehead atoms. The van der Waals surface area contributed by atoms with Gasteiger partial charge in [-0.05, 0) is 75.5 Å². The average Bonchev–Trinajstić information content (AvgIpc) is 3.10. The van der Waals surface area contributed by atoms with Crippen LogP contribution in [0.5, 0.6) is 11.5 Å². The summed E-state index contributed by atoms with van der Waals surface area (Å²) in [6, 6.07) is 5.06. The van der Waals surface area contributed by atoms with Gasteiger partial charge in [0.15, 0.2) is 11.5 Å². The van der Waals surface area contributed by atoms with Gasteiger partial charge in [-0.1, -0.05) is 0 Å². The van der Waals surface area contributed by atoms with Gasteiger partial charge in [-0.25, -0.2) is 0 Å². The van der Waals surface area contributed by atoms with Crippen LogP contribution in [0.4, 0.5) is 5.69 Å². The van der Waals surface area contributed by atoms with E-state index in [2.05, 4.69) is 22.3 Å². The van der Waals surface area contributed by atoms with Crippen LogP contribution in [-0.4, -0.2) is 49.3 Å². The van der Waals surface area contributed by atoms with E-state index in [0.717, 1.165) is 55.0 Å². The van der Waals surface area contributed by atoms with Gasteiger partial charge >= 0.3 is 0 Å². The minimum atomic E-state index is 0.624. The third-order valence-electron chi connectivity index (χ3n) is 7.63. The summed E-state index contributed by atoms with van der Waals surface area (Å²) in [6.07, 6.45) is 10.1. The SMILES string of the molecule is COc1cc2c(NCC3CC3)c3c(nc2cc1OCC1CC2CCCN2C1)CCC3. The number of rotatable bonds is 7. The summed E-state index contributed by atoms with van der Waals surface area (Å²) in [5.74, 6) is 3.14. The maximum absolute atomic E-state index is 6.34. The number of nitrogens with one attached hydrogen (secondary N) is 1. The lowest BCUT2D eigenvalue weighted by Crippen LogP contribution is -2.23. The number of pyridine rings is 1. The van der Waals surface area contributed by atoms with E-state index >= 15 is 0 Å². The Bertz CT molecular complexity index is 943. The van der Waals surface area contributed by atoms with Crippen molar-refractivity contribution >= 4 is 16.6 Å². The molecule has 2 aromatic rings. The number of aromatic nitrogens is 1. The molecule has 0 radical (unpaired) electrons. The molecule has 1 N–H and O–H groups in total. The van der Waals surface area contributed by atoms with E-state index in [0.29, 0.717) is 5.92 Å². The van der Waals surface area contributed by atoms with E-state index in [9.17, 15) is 0 Å². The summed E-state index contributed by atoms with van der Waals surface area (Å²) in [7, 11) is 1.75. The van der Waals surface area contributed by atoms with Gasteiger partial charge in [0.2, 0.25) is 0 Å². The minimum absolute atomic E-state index is 0.624. The monoisotopic (exact) mass is 407 g/mol. The van der Waals surface area contributed by atoms with Crippen molar-refractivity contribution in [3.8, 4) is 11.5 Å². The van der Waals surface area contributed by atoms with Gasteiger partial charge in [-0.2, -0.15) is 0 Å². The molecule has 160 valence electrons. The lowest BCUT2D eigenvalue weighted by atomic mass is 10.0. The second-order valence-corrected chi connectivity index (χ2v) is 9.81. The number of fused-ring (bicyclic) bond motifs is 3. The first-order valence-electron chi connectivity index (χ1n) is 11.9. The molecule has 2 aliphatic carbocycles. The van der Waals surface area contributed by atoms with Crippen LogP contribution in [0.3, 0.4) is 0 Å². The maximum atomic E-state index is 6.34. The Morgan fingerprint density at radius 2 is 2.03 bits per heavy atom. The summed E-state index contributed by atoms with van der Waals surface area (Å²) >= 11 is 0. The molecule has 0 spiro atoms. The lowest BCUT2D eigenvalue weighted by molar-refractivity contribution is 0.234. The predicted octanol–water partition coefficient (Wildman–Crippen LogP) is 4.42. The largest absolute Gasteiger partial charge is 0.493 e. The molecule has 6 rings (SSSR count). The van der Waals surface area contributed by atoms with Crippen molar-refractivity contribution in [2.45, 2.75) is 57.4 Å². The Morgan fingerprint density at radius 1 is 1.10 bits per heavy atom. The van der Waals surface area contributed by atoms with E-state index in [1.165, 1.54) is 73.9 Å². The summed E-state index contributed by atoms with van der Waals surface area (Å²) in [4.78, 5) is 7.68. The highest BCUT2D eigenvalue weighted by molar-refractivity contribution is 5.96. The summed E-state index contributed by atoms with van der Waals surface area (Å²) in [6.45, 7) is 4.30. The number of nitrogens with zero attached hydrogens (tertiary/aromatic N) is 2. The molecule has 5 heteroatoms. The van der Waals surface area contributed by atoms with Crippen LogP contribution in [-0.2, 0) is 12.8 Å². The highest BCUT2D eigenvalue weighted by atomic mass is 16.5. The predicted molar refractivity (Wildman–Crippen MR) is 120 cm³/mol. The molecule has 1 aromatic carbocycles. The zero-order valence-electron chi connectivity index (χ0n) is 18.1. The molecule has 2 saturated heterocycles. The third kappa shape index (κ3) is 3.41.